The Bertz CT molecular complexity index is 735. The van der Waals surface area contributed by atoms with Gasteiger partial charge >= 0.3 is 7.82 Å². The Hall–Kier alpha value is -2.46. The third-order valence-corrected chi connectivity index (χ3v) is 5.20. The predicted molar refractivity (Wildman–Crippen MR) is 93.4 cm³/mol. The summed E-state index contributed by atoms with van der Waals surface area (Å²) in [5.74, 6) is 0.750. The lowest BCUT2D eigenvalue weighted by atomic mass is 10.2. The highest BCUT2D eigenvalue weighted by molar-refractivity contribution is 7.49. The summed E-state index contributed by atoms with van der Waals surface area (Å²) in [5.41, 5.74) is 8.68. The lowest BCUT2D eigenvalue weighted by Gasteiger charge is -2.23. The van der Waals surface area contributed by atoms with Crippen LogP contribution in [-0.4, -0.2) is 12.1 Å². The minimum absolute atomic E-state index is 0.375. The number of azide groups is 1. The number of hydrogen-bond acceptors (Lipinski definition) is 5. The van der Waals surface area contributed by atoms with Crippen LogP contribution in [0.1, 0.15) is 19.3 Å². The Kier molecular flexibility index (Phi) is 5.61. The third kappa shape index (κ3) is 4.77. The highest BCUT2D eigenvalue weighted by Crippen LogP contribution is 2.52. The molecule has 0 amide bonds. The summed E-state index contributed by atoms with van der Waals surface area (Å²) in [4.78, 5) is 2.84. The van der Waals surface area contributed by atoms with E-state index in [0.29, 0.717) is 24.3 Å². The molecule has 2 atom stereocenters. The monoisotopic (exact) mass is 359 g/mol. The standard InChI is InChI=1S/C17H18N3O4P/c18-20-19-16-12-7-13-17(16)24-25(21,22-14-8-3-1-4-9-14)23-15-10-5-2-6-11-15/h1-6,8-11,16-17H,7,12-13H2/t16-,17-/m0/s1. The summed E-state index contributed by atoms with van der Waals surface area (Å²) >= 11 is 0. The summed E-state index contributed by atoms with van der Waals surface area (Å²) < 4.78 is 30.1. The van der Waals surface area contributed by atoms with Crippen molar-refractivity contribution < 1.29 is 18.1 Å². The molecular formula is C17H18N3O4P. The van der Waals surface area contributed by atoms with E-state index in [1.807, 2.05) is 12.1 Å². The van der Waals surface area contributed by atoms with Crippen molar-refractivity contribution in [2.45, 2.75) is 31.4 Å². The molecule has 1 saturated carbocycles. The summed E-state index contributed by atoms with van der Waals surface area (Å²) in [5, 5.41) is 3.73. The molecule has 0 unspecified atom stereocenters. The van der Waals surface area contributed by atoms with Crippen LogP contribution < -0.4 is 9.05 Å². The van der Waals surface area contributed by atoms with Gasteiger partial charge < -0.3 is 9.05 Å². The van der Waals surface area contributed by atoms with Crippen LogP contribution in [0.3, 0.4) is 0 Å². The molecule has 0 N–H and O–H groups in total. The highest BCUT2D eigenvalue weighted by atomic mass is 31.2. The van der Waals surface area contributed by atoms with Gasteiger partial charge in [-0.3, -0.25) is 4.52 Å². The number of benzene rings is 2. The van der Waals surface area contributed by atoms with E-state index >= 15 is 0 Å². The molecule has 7 nitrogen and oxygen atoms in total. The minimum Gasteiger partial charge on any atom is -0.395 e. The van der Waals surface area contributed by atoms with Gasteiger partial charge in [-0.25, -0.2) is 4.57 Å². The van der Waals surface area contributed by atoms with Gasteiger partial charge in [0, 0.05) is 4.91 Å². The maximum Gasteiger partial charge on any atom is 0.587 e. The van der Waals surface area contributed by atoms with Crippen molar-refractivity contribution in [3.63, 3.8) is 0 Å². The Labute approximate surface area is 145 Å². The van der Waals surface area contributed by atoms with Crippen LogP contribution in [0.4, 0.5) is 0 Å². The molecule has 2 aromatic carbocycles. The van der Waals surface area contributed by atoms with Crippen molar-refractivity contribution >= 4 is 7.82 Å². The molecule has 25 heavy (non-hydrogen) atoms. The normalized spacial score (nSPS) is 19.8. The van der Waals surface area contributed by atoms with Gasteiger partial charge in [-0.1, -0.05) is 47.9 Å². The molecule has 2 aromatic rings. The van der Waals surface area contributed by atoms with Crippen LogP contribution in [0.2, 0.25) is 0 Å². The molecule has 1 aliphatic carbocycles. The largest absolute Gasteiger partial charge is 0.587 e. The molecule has 0 spiro atoms. The first-order valence-corrected chi connectivity index (χ1v) is 9.46. The molecule has 130 valence electrons. The summed E-state index contributed by atoms with van der Waals surface area (Å²) in [6.45, 7) is 0. The molecule has 0 bridgehead atoms. The van der Waals surface area contributed by atoms with Gasteiger partial charge in [-0.15, -0.1) is 0 Å². The van der Waals surface area contributed by atoms with Gasteiger partial charge in [-0.2, -0.15) is 0 Å². The Morgan fingerprint density at radius 2 is 1.52 bits per heavy atom. The first kappa shape index (κ1) is 17.4. The SMILES string of the molecule is [N-]=[N+]=N[C@H]1CCC[C@@H]1OP(=O)(Oc1ccccc1)Oc1ccccc1. The average Bonchev–Trinajstić information content (AvgIpc) is 3.03. The zero-order chi connectivity index (χ0) is 17.5. The van der Waals surface area contributed by atoms with E-state index in [9.17, 15) is 4.57 Å². The van der Waals surface area contributed by atoms with Gasteiger partial charge in [-0.05, 0) is 42.6 Å². The van der Waals surface area contributed by atoms with Crippen molar-refractivity contribution in [3.05, 3.63) is 71.1 Å². The zero-order valence-electron chi connectivity index (χ0n) is 13.5. The number of phosphoric acid groups is 1. The molecule has 3 rings (SSSR count). The number of para-hydroxylation sites is 2. The summed E-state index contributed by atoms with van der Waals surface area (Å²) in [6.07, 6.45) is 1.63. The van der Waals surface area contributed by atoms with Crippen molar-refractivity contribution in [3.8, 4) is 11.5 Å². The van der Waals surface area contributed by atoms with Gasteiger partial charge in [0.05, 0.1) is 12.1 Å². The maximum absolute atomic E-state index is 13.3. The Balaban J connectivity index is 1.83. The minimum atomic E-state index is -3.96. The summed E-state index contributed by atoms with van der Waals surface area (Å²) in [7, 11) is -3.96. The fourth-order valence-electron chi connectivity index (χ4n) is 2.68. The molecule has 8 heteroatoms. The number of rotatable bonds is 7. The van der Waals surface area contributed by atoms with E-state index < -0.39 is 13.9 Å². The van der Waals surface area contributed by atoms with Gasteiger partial charge in [0.25, 0.3) is 0 Å². The zero-order valence-corrected chi connectivity index (χ0v) is 14.4. The summed E-state index contributed by atoms with van der Waals surface area (Å²) in [6, 6.07) is 17.0. The van der Waals surface area contributed by atoms with Crippen molar-refractivity contribution in [1.82, 2.24) is 0 Å². The van der Waals surface area contributed by atoms with E-state index in [1.165, 1.54) is 0 Å². The van der Waals surface area contributed by atoms with Gasteiger partial charge in [0.15, 0.2) is 0 Å². The second-order valence-corrected chi connectivity index (χ2v) is 7.07. The van der Waals surface area contributed by atoms with E-state index in [1.54, 1.807) is 48.5 Å². The Morgan fingerprint density at radius 3 is 2.04 bits per heavy atom. The molecule has 0 heterocycles. The number of nitrogens with zero attached hydrogens (tertiary/aromatic N) is 3. The van der Waals surface area contributed by atoms with E-state index in [0.717, 1.165) is 6.42 Å². The molecule has 1 fully saturated rings. The predicted octanol–water partition coefficient (Wildman–Crippen LogP) is 5.50. The highest BCUT2D eigenvalue weighted by Gasteiger charge is 2.39. The third-order valence-electron chi connectivity index (χ3n) is 3.80. The van der Waals surface area contributed by atoms with Crippen LogP contribution in [0, 0.1) is 0 Å². The maximum atomic E-state index is 13.3. The van der Waals surface area contributed by atoms with Crippen LogP contribution in [0.15, 0.2) is 65.8 Å². The van der Waals surface area contributed by atoms with Crippen molar-refractivity contribution in [2.24, 2.45) is 5.11 Å². The second kappa shape index (κ2) is 8.08. The van der Waals surface area contributed by atoms with Gasteiger partial charge in [0.1, 0.15) is 11.5 Å². The lowest BCUT2D eigenvalue weighted by molar-refractivity contribution is 0.135. The quantitative estimate of drug-likeness (QED) is 0.282. The second-order valence-electron chi connectivity index (χ2n) is 5.60. The van der Waals surface area contributed by atoms with Crippen LogP contribution in [0.25, 0.3) is 10.4 Å². The molecule has 0 aromatic heterocycles. The van der Waals surface area contributed by atoms with E-state index in [4.69, 9.17) is 19.1 Å². The molecule has 0 saturated heterocycles. The van der Waals surface area contributed by atoms with E-state index in [-0.39, 0.29) is 6.04 Å². The Morgan fingerprint density at radius 1 is 0.960 bits per heavy atom. The smallest absolute Gasteiger partial charge is 0.395 e. The molecule has 0 aliphatic heterocycles. The van der Waals surface area contributed by atoms with Crippen molar-refractivity contribution in [2.75, 3.05) is 0 Å². The average molecular weight is 359 g/mol. The lowest BCUT2D eigenvalue weighted by Crippen LogP contribution is -2.22. The number of phosphoric ester groups is 1. The van der Waals surface area contributed by atoms with Crippen LogP contribution in [-0.2, 0) is 9.09 Å². The fraction of sp³-hybridized carbons (Fsp3) is 0.294. The number of hydrogen-bond donors (Lipinski definition) is 0. The molecule has 1 aliphatic rings. The van der Waals surface area contributed by atoms with E-state index in [2.05, 4.69) is 10.0 Å². The van der Waals surface area contributed by atoms with Crippen LogP contribution >= 0.6 is 7.82 Å². The first-order chi connectivity index (χ1) is 12.2. The molecule has 0 radical (unpaired) electrons. The van der Waals surface area contributed by atoms with Gasteiger partial charge in [0.2, 0.25) is 0 Å². The molecular weight excluding hydrogens is 341 g/mol. The van der Waals surface area contributed by atoms with Crippen LogP contribution in [0.5, 0.6) is 11.5 Å². The first-order valence-electron chi connectivity index (χ1n) is 8.00. The fourth-order valence-corrected chi connectivity index (χ4v) is 4.14. The van der Waals surface area contributed by atoms with Crippen molar-refractivity contribution in [1.29, 1.82) is 0 Å². The topological polar surface area (TPSA) is 93.5 Å².